The fourth-order valence-electron chi connectivity index (χ4n) is 1.78. The van der Waals surface area contributed by atoms with E-state index < -0.39 is 24.1 Å². The van der Waals surface area contributed by atoms with Crippen molar-refractivity contribution >= 4 is 12.7 Å². The van der Waals surface area contributed by atoms with Gasteiger partial charge in [-0.1, -0.05) is 0 Å². The van der Waals surface area contributed by atoms with Crippen LogP contribution in [0.15, 0.2) is 12.3 Å². The Morgan fingerprint density at radius 3 is 2.33 bits per heavy atom. The van der Waals surface area contributed by atoms with Crippen molar-refractivity contribution in [1.82, 2.24) is 4.98 Å². The first-order valence-electron chi connectivity index (χ1n) is 5.97. The van der Waals surface area contributed by atoms with Crippen LogP contribution >= 0.6 is 0 Å². The summed E-state index contributed by atoms with van der Waals surface area (Å²) < 4.78 is 25.7. The van der Waals surface area contributed by atoms with E-state index in [0.717, 1.165) is 0 Å². The van der Waals surface area contributed by atoms with Crippen molar-refractivity contribution in [3.05, 3.63) is 23.6 Å². The Bertz CT molecular complexity index is 449. The maximum Gasteiger partial charge on any atom is 0.517 e. The minimum Gasteiger partial charge on any atom is -0.398 e. The summed E-state index contributed by atoms with van der Waals surface area (Å²) >= 11 is 0. The molecule has 4 nitrogen and oxygen atoms in total. The van der Waals surface area contributed by atoms with Gasteiger partial charge in [-0.15, -0.1) is 0 Å². The van der Waals surface area contributed by atoms with E-state index in [2.05, 4.69) is 4.98 Å². The molecule has 0 unspecified atom stereocenters. The molecule has 0 saturated carbocycles. The van der Waals surface area contributed by atoms with Gasteiger partial charge in [0.2, 0.25) is 0 Å². The number of halogens is 1. The topological polar surface area (TPSA) is 57.4 Å². The molecule has 1 fully saturated rings. The lowest BCUT2D eigenvalue weighted by Gasteiger charge is -2.32. The molecule has 0 radical (unpaired) electrons. The predicted octanol–water partition coefficient (Wildman–Crippen LogP) is 0.979. The van der Waals surface area contributed by atoms with Crippen LogP contribution in [0.5, 0.6) is 0 Å². The third-order valence-corrected chi connectivity index (χ3v) is 3.69. The minimum absolute atomic E-state index is 0.126. The Kier molecular flexibility index (Phi) is 3.21. The van der Waals surface area contributed by atoms with E-state index in [-0.39, 0.29) is 12.1 Å². The van der Waals surface area contributed by atoms with Crippen molar-refractivity contribution in [2.24, 2.45) is 5.73 Å². The maximum atomic E-state index is 14.1. The standard InChI is InChI=1S/C12H18BFN2O2/c1-11(2)12(3,4)18-13(17-11)10-9(14)8(7-15)5-6-16-10/h5-6H,7,15H2,1-4H3. The molecule has 1 aromatic heterocycles. The van der Waals surface area contributed by atoms with Gasteiger partial charge in [0.1, 0.15) is 11.4 Å². The summed E-state index contributed by atoms with van der Waals surface area (Å²) in [5.41, 5.74) is 5.03. The second-order valence-electron chi connectivity index (χ2n) is 5.46. The molecule has 1 aliphatic heterocycles. The molecule has 2 rings (SSSR count). The highest BCUT2D eigenvalue weighted by Crippen LogP contribution is 2.36. The molecule has 1 aromatic rings. The monoisotopic (exact) mass is 252 g/mol. The van der Waals surface area contributed by atoms with E-state index in [1.807, 2.05) is 27.7 Å². The van der Waals surface area contributed by atoms with Crippen LogP contribution in [0, 0.1) is 5.82 Å². The number of pyridine rings is 1. The first-order valence-corrected chi connectivity index (χ1v) is 5.97. The number of aromatic nitrogens is 1. The average Bonchev–Trinajstić information content (AvgIpc) is 2.48. The lowest BCUT2D eigenvalue weighted by molar-refractivity contribution is 0.00578. The molecule has 0 aromatic carbocycles. The van der Waals surface area contributed by atoms with Crippen molar-refractivity contribution in [3.63, 3.8) is 0 Å². The summed E-state index contributed by atoms with van der Waals surface area (Å²) in [6.07, 6.45) is 1.52. The second-order valence-corrected chi connectivity index (χ2v) is 5.46. The molecule has 2 heterocycles. The van der Waals surface area contributed by atoms with Crippen LogP contribution in [0.2, 0.25) is 0 Å². The van der Waals surface area contributed by atoms with Gasteiger partial charge >= 0.3 is 7.12 Å². The molecule has 1 saturated heterocycles. The Hall–Kier alpha value is -0.975. The Labute approximate surface area is 107 Å². The molecule has 98 valence electrons. The Balaban J connectivity index is 2.35. The lowest BCUT2D eigenvalue weighted by atomic mass is 9.83. The second kappa shape index (κ2) is 4.29. The molecular formula is C12H18BFN2O2. The van der Waals surface area contributed by atoms with E-state index in [9.17, 15) is 4.39 Å². The Morgan fingerprint density at radius 1 is 1.28 bits per heavy atom. The van der Waals surface area contributed by atoms with Crippen LogP contribution in [0.1, 0.15) is 33.3 Å². The van der Waals surface area contributed by atoms with Crippen LogP contribution < -0.4 is 11.3 Å². The number of nitrogens with zero attached hydrogens (tertiary/aromatic N) is 1. The highest BCUT2D eigenvalue weighted by Gasteiger charge is 2.53. The minimum atomic E-state index is -0.790. The summed E-state index contributed by atoms with van der Waals surface area (Å²) in [5.74, 6) is -0.446. The number of rotatable bonds is 2. The van der Waals surface area contributed by atoms with Crippen molar-refractivity contribution in [2.75, 3.05) is 0 Å². The third-order valence-electron chi connectivity index (χ3n) is 3.69. The molecule has 1 aliphatic rings. The first kappa shape index (κ1) is 13.5. The molecule has 0 bridgehead atoms. The van der Waals surface area contributed by atoms with Gasteiger partial charge in [0.05, 0.1) is 11.2 Å². The van der Waals surface area contributed by atoms with Crippen molar-refractivity contribution in [1.29, 1.82) is 0 Å². The van der Waals surface area contributed by atoms with E-state index in [1.54, 1.807) is 6.07 Å². The van der Waals surface area contributed by atoms with E-state index >= 15 is 0 Å². The van der Waals surface area contributed by atoms with Crippen LogP contribution in [0.4, 0.5) is 4.39 Å². The third kappa shape index (κ3) is 2.04. The summed E-state index contributed by atoms with van der Waals surface area (Å²) in [6.45, 7) is 7.78. The van der Waals surface area contributed by atoms with E-state index in [1.165, 1.54) is 6.20 Å². The molecule has 0 aliphatic carbocycles. The summed E-state index contributed by atoms with van der Waals surface area (Å²) in [6, 6.07) is 1.56. The number of hydrogen-bond donors (Lipinski definition) is 1. The van der Waals surface area contributed by atoms with Gasteiger partial charge in [0.25, 0.3) is 0 Å². The summed E-state index contributed by atoms with van der Waals surface area (Å²) in [4.78, 5) is 4.02. The zero-order valence-electron chi connectivity index (χ0n) is 11.2. The van der Waals surface area contributed by atoms with Gasteiger partial charge in [-0.05, 0) is 33.8 Å². The van der Waals surface area contributed by atoms with Crippen LogP contribution in [-0.4, -0.2) is 23.3 Å². The Morgan fingerprint density at radius 2 is 1.83 bits per heavy atom. The number of nitrogens with two attached hydrogens (primary N) is 1. The van der Waals surface area contributed by atoms with Gasteiger partial charge in [-0.25, -0.2) is 4.39 Å². The van der Waals surface area contributed by atoms with Gasteiger partial charge in [-0.2, -0.15) is 0 Å². The normalized spacial score (nSPS) is 21.3. The quantitative estimate of drug-likeness (QED) is 0.797. The van der Waals surface area contributed by atoms with Crippen LogP contribution in [0.3, 0.4) is 0 Å². The SMILES string of the molecule is CC1(C)OB(c2nccc(CN)c2F)OC1(C)C. The van der Waals surface area contributed by atoms with Crippen molar-refractivity contribution in [2.45, 2.75) is 45.4 Å². The maximum absolute atomic E-state index is 14.1. The molecule has 2 N–H and O–H groups in total. The molecular weight excluding hydrogens is 234 g/mol. The van der Waals surface area contributed by atoms with Gasteiger partial charge < -0.3 is 15.0 Å². The lowest BCUT2D eigenvalue weighted by Crippen LogP contribution is -2.41. The summed E-state index contributed by atoms with van der Waals surface area (Å²) in [7, 11) is -0.790. The molecule has 6 heteroatoms. The molecule has 0 amide bonds. The largest absolute Gasteiger partial charge is 0.517 e. The molecule has 18 heavy (non-hydrogen) atoms. The van der Waals surface area contributed by atoms with Gasteiger partial charge in [-0.3, -0.25) is 4.98 Å². The van der Waals surface area contributed by atoms with Gasteiger partial charge in [0.15, 0.2) is 0 Å². The van der Waals surface area contributed by atoms with Crippen molar-refractivity contribution < 1.29 is 13.7 Å². The van der Waals surface area contributed by atoms with Crippen LogP contribution in [0.25, 0.3) is 0 Å². The highest BCUT2D eigenvalue weighted by atomic mass is 19.1. The fraction of sp³-hybridized carbons (Fsp3) is 0.583. The van der Waals surface area contributed by atoms with Crippen LogP contribution in [-0.2, 0) is 15.9 Å². The smallest absolute Gasteiger partial charge is 0.398 e. The zero-order chi connectivity index (χ0) is 13.6. The first-order chi connectivity index (χ1) is 8.28. The predicted molar refractivity (Wildman–Crippen MR) is 67.8 cm³/mol. The fourth-order valence-corrected chi connectivity index (χ4v) is 1.78. The number of hydrogen-bond acceptors (Lipinski definition) is 4. The van der Waals surface area contributed by atoms with E-state index in [0.29, 0.717) is 5.56 Å². The zero-order valence-corrected chi connectivity index (χ0v) is 11.2. The average molecular weight is 252 g/mol. The molecule has 0 atom stereocenters. The highest BCUT2D eigenvalue weighted by molar-refractivity contribution is 6.61. The summed E-state index contributed by atoms with van der Waals surface area (Å²) in [5, 5.41) is 0. The molecule has 0 spiro atoms. The van der Waals surface area contributed by atoms with E-state index in [4.69, 9.17) is 15.0 Å². The van der Waals surface area contributed by atoms with Gasteiger partial charge in [0, 0.05) is 18.3 Å². The van der Waals surface area contributed by atoms with Crippen molar-refractivity contribution in [3.8, 4) is 0 Å².